The molecule has 4 aromatic carbocycles. The zero-order valence-corrected chi connectivity index (χ0v) is 20.6. The molecule has 0 saturated carbocycles. The predicted molar refractivity (Wildman–Crippen MR) is 141 cm³/mol. The fourth-order valence-electron chi connectivity index (χ4n) is 4.80. The molecule has 0 amide bonds. The summed E-state index contributed by atoms with van der Waals surface area (Å²) in [5.74, 6) is 0.480. The first-order valence-corrected chi connectivity index (χ1v) is 11.7. The highest BCUT2D eigenvalue weighted by Gasteiger charge is 2.39. The third kappa shape index (κ3) is 4.71. The van der Waals surface area contributed by atoms with Crippen molar-refractivity contribution in [1.82, 2.24) is 0 Å². The molecule has 0 fully saturated rings. The average molecular weight is 515 g/mol. The lowest BCUT2D eigenvalue weighted by molar-refractivity contribution is 0.213. The van der Waals surface area contributed by atoms with E-state index in [4.69, 9.17) is 14.2 Å². The van der Waals surface area contributed by atoms with Crippen LogP contribution in [0.3, 0.4) is 0 Å². The van der Waals surface area contributed by atoms with E-state index in [2.05, 4.69) is 0 Å². The molecule has 0 spiro atoms. The zero-order valence-electron chi connectivity index (χ0n) is 20.6. The normalized spacial score (nSPS) is 16.3. The summed E-state index contributed by atoms with van der Waals surface area (Å²) in [4.78, 5) is 0. The number of rotatable bonds is 6. The van der Waals surface area contributed by atoms with E-state index in [1.54, 1.807) is 36.4 Å². The Balaban J connectivity index is 1.65. The highest BCUT2D eigenvalue weighted by molar-refractivity contribution is 5.74. The Hall–Kier alpha value is -4.98. The quantitative estimate of drug-likeness (QED) is 0.208. The van der Waals surface area contributed by atoms with Crippen molar-refractivity contribution in [2.45, 2.75) is 12.0 Å². The van der Waals surface area contributed by atoms with Crippen molar-refractivity contribution >= 4 is 12.2 Å². The van der Waals surface area contributed by atoms with Gasteiger partial charge in [0, 0.05) is 17.7 Å². The van der Waals surface area contributed by atoms with Gasteiger partial charge >= 0.3 is 0 Å². The van der Waals surface area contributed by atoms with Crippen LogP contribution in [0.4, 0.5) is 0 Å². The lowest BCUT2D eigenvalue weighted by atomic mass is 9.84. The molecule has 5 N–H and O–H groups in total. The molecule has 1 aliphatic rings. The van der Waals surface area contributed by atoms with Crippen molar-refractivity contribution in [2.75, 3.05) is 14.2 Å². The number of phenolic OH excluding ortho intramolecular Hbond substituents is 5. The van der Waals surface area contributed by atoms with Gasteiger partial charge in [-0.2, -0.15) is 0 Å². The second-order valence-electron chi connectivity index (χ2n) is 8.99. The molecule has 0 radical (unpaired) electrons. The van der Waals surface area contributed by atoms with Gasteiger partial charge in [-0.05, 0) is 70.8 Å². The van der Waals surface area contributed by atoms with E-state index in [-0.39, 0.29) is 34.5 Å². The number of fused-ring (bicyclic) bond motifs is 1. The summed E-state index contributed by atoms with van der Waals surface area (Å²) in [6, 6.07) is 17.3. The first-order chi connectivity index (χ1) is 18.2. The van der Waals surface area contributed by atoms with Crippen molar-refractivity contribution in [3.8, 4) is 46.0 Å². The summed E-state index contributed by atoms with van der Waals surface area (Å²) in [5, 5.41) is 50.2. The van der Waals surface area contributed by atoms with Crippen LogP contribution in [0.15, 0.2) is 66.7 Å². The molecule has 194 valence electrons. The number of benzene rings is 4. The van der Waals surface area contributed by atoms with Crippen molar-refractivity contribution in [3.63, 3.8) is 0 Å². The number of methoxy groups -OCH3 is 2. The van der Waals surface area contributed by atoms with E-state index in [9.17, 15) is 25.5 Å². The molecule has 0 aromatic heterocycles. The third-order valence-electron chi connectivity index (χ3n) is 6.42. The van der Waals surface area contributed by atoms with Gasteiger partial charge in [0.25, 0.3) is 0 Å². The third-order valence-corrected chi connectivity index (χ3v) is 6.42. The van der Waals surface area contributed by atoms with Gasteiger partial charge in [-0.3, -0.25) is 0 Å². The van der Waals surface area contributed by atoms with Crippen LogP contribution in [-0.2, 0) is 0 Å². The van der Waals surface area contributed by atoms with Crippen LogP contribution in [0.2, 0.25) is 0 Å². The van der Waals surface area contributed by atoms with Crippen molar-refractivity contribution in [3.05, 3.63) is 94.5 Å². The minimum Gasteiger partial charge on any atom is -0.508 e. The molecule has 8 nitrogen and oxygen atoms in total. The molecule has 2 atom stereocenters. The molecule has 2 unspecified atom stereocenters. The summed E-state index contributed by atoms with van der Waals surface area (Å²) < 4.78 is 17.4. The molecular weight excluding hydrogens is 488 g/mol. The summed E-state index contributed by atoms with van der Waals surface area (Å²) in [6.45, 7) is 0. The second kappa shape index (κ2) is 9.82. The van der Waals surface area contributed by atoms with Gasteiger partial charge in [0.2, 0.25) is 0 Å². The van der Waals surface area contributed by atoms with Crippen molar-refractivity contribution in [1.29, 1.82) is 0 Å². The van der Waals surface area contributed by atoms with Crippen LogP contribution < -0.4 is 14.2 Å². The zero-order chi connectivity index (χ0) is 27.0. The van der Waals surface area contributed by atoms with Gasteiger partial charge in [0.15, 0.2) is 23.0 Å². The number of phenols is 5. The molecule has 0 saturated heterocycles. The number of hydrogen-bond donors (Lipinski definition) is 5. The Morgan fingerprint density at radius 1 is 0.632 bits per heavy atom. The van der Waals surface area contributed by atoms with E-state index < -0.39 is 12.0 Å². The minimum atomic E-state index is -0.600. The van der Waals surface area contributed by atoms with Gasteiger partial charge in [-0.15, -0.1) is 0 Å². The summed E-state index contributed by atoms with van der Waals surface area (Å²) in [7, 11) is 2.99. The lowest BCUT2D eigenvalue weighted by Gasteiger charge is -2.21. The SMILES string of the molecule is COc1cc(C2Oc3c(OC)cc(/C=C/c4cc(O)cc(O)c4)cc3C2c2cc(O)cc(O)c2)ccc1O. The van der Waals surface area contributed by atoms with Gasteiger partial charge in [0.1, 0.15) is 29.1 Å². The maximum atomic E-state index is 10.3. The van der Waals surface area contributed by atoms with Crippen molar-refractivity contribution < 1.29 is 39.7 Å². The molecule has 8 heteroatoms. The van der Waals surface area contributed by atoms with Gasteiger partial charge in [-0.25, -0.2) is 0 Å². The second-order valence-corrected chi connectivity index (χ2v) is 8.99. The minimum absolute atomic E-state index is 0.0127. The summed E-state index contributed by atoms with van der Waals surface area (Å²) >= 11 is 0. The van der Waals surface area contributed by atoms with Gasteiger partial charge in [-0.1, -0.05) is 18.2 Å². The Kier molecular flexibility index (Phi) is 6.38. The molecule has 38 heavy (non-hydrogen) atoms. The van der Waals surface area contributed by atoms with Crippen LogP contribution >= 0.6 is 0 Å². The first-order valence-electron chi connectivity index (χ1n) is 11.7. The Bertz CT molecular complexity index is 1500. The highest BCUT2D eigenvalue weighted by Crippen LogP contribution is 2.54. The van der Waals surface area contributed by atoms with E-state index in [1.165, 1.54) is 44.6 Å². The fourth-order valence-corrected chi connectivity index (χ4v) is 4.80. The van der Waals surface area contributed by atoms with Crippen LogP contribution in [0.5, 0.6) is 46.0 Å². The maximum Gasteiger partial charge on any atom is 0.166 e. The topological polar surface area (TPSA) is 129 Å². The standard InChI is InChI=1S/C30H26O8/c1-36-26-13-18(5-6-25(26)35)29-28(19-11-22(33)15-23(34)12-19)24-9-17(10-27(37-2)30(24)38-29)4-3-16-7-20(31)14-21(32)8-16/h3-15,28-29,31-35H,1-2H3/b4-3+. The Morgan fingerprint density at radius 3 is 1.82 bits per heavy atom. The van der Waals surface area contributed by atoms with Crippen LogP contribution in [-0.4, -0.2) is 39.8 Å². The fraction of sp³-hybridized carbons (Fsp3) is 0.133. The molecule has 0 bridgehead atoms. The lowest BCUT2D eigenvalue weighted by Crippen LogP contribution is -2.11. The summed E-state index contributed by atoms with van der Waals surface area (Å²) in [6.07, 6.45) is 2.95. The maximum absolute atomic E-state index is 10.3. The van der Waals surface area contributed by atoms with E-state index in [1.807, 2.05) is 12.1 Å². The monoisotopic (exact) mass is 514 g/mol. The highest BCUT2D eigenvalue weighted by atomic mass is 16.5. The molecule has 5 rings (SSSR count). The van der Waals surface area contributed by atoms with E-state index in [0.717, 1.165) is 11.1 Å². The molecule has 1 heterocycles. The smallest absolute Gasteiger partial charge is 0.166 e. The van der Waals surface area contributed by atoms with E-state index in [0.29, 0.717) is 28.2 Å². The van der Waals surface area contributed by atoms with E-state index >= 15 is 0 Å². The van der Waals surface area contributed by atoms with Crippen LogP contribution in [0.25, 0.3) is 12.2 Å². The molecule has 4 aromatic rings. The molecule has 1 aliphatic heterocycles. The number of ether oxygens (including phenoxy) is 3. The van der Waals surface area contributed by atoms with Crippen LogP contribution in [0, 0.1) is 0 Å². The molecule has 0 aliphatic carbocycles. The van der Waals surface area contributed by atoms with Gasteiger partial charge in [0.05, 0.1) is 20.1 Å². The largest absolute Gasteiger partial charge is 0.508 e. The average Bonchev–Trinajstić information content (AvgIpc) is 3.25. The predicted octanol–water partition coefficient (Wildman–Crippen LogP) is 5.67. The van der Waals surface area contributed by atoms with Crippen molar-refractivity contribution in [2.24, 2.45) is 0 Å². The number of hydrogen-bond acceptors (Lipinski definition) is 8. The first kappa shape index (κ1) is 24.7. The number of aromatic hydroxyl groups is 5. The Morgan fingerprint density at radius 2 is 1.21 bits per heavy atom. The van der Waals surface area contributed by atoms with Crippen LogP contribution in [0.1, 0.15) is 39.8 Å². The Labute approximate surface area is 218 Å². The molecular formula is C30H26O8. The van der Waals surface area contributed by atoms with Gasteiger partial charge < -0.3 is 39.7 Å². The summed E-state index contributed by atoms with van der Waals surface area (Å²) in [5.41, 5.74) is 3.43.